The molecule has 0 aliphatic carbocycles. The van der Waals surface area contributed by atoms with Gasteiger partial charge in [0.15, 0.2) is 0 Å². The molecule has 0 bridgehead atoms. The van der Waals surface area contributed by atoms with Crippen LogP contribution in [0.3, 0.4) is 0 Å². The Morgan fingerprint density at radius 2 is 2.04 bits per heavy atom. The Morgan fingerprint density at radius 1 is 1.15 bits per heavy atom. The van der Waals surface area contributed by atoms with Gasteiger partial charge in [0.2, 0.25) is 6.23 Å². The lowest BCUT2D eigenvalue weighted by Crippen LogP contribution is -2.33. The second-order valence-corrected chi connectivity index (χ2v) is 7.67. The minimum absolute atomic E-state index is 0.113. The second kappa shape index (κ2) is 5.88. The summed E-state index contributed by atoms with van der Waals surface area (Å²) >= 11 is 1.67. The minimum atomic E-state index is -0.237. The normalized spacial score (nSPS) is 21.0. The van der Waals surface area contributed by atoms with Crippen molar-refractivity contribution in [1.29, 1.82) is 0 Å². The molecule has 0 saturated carbocycles. The van der Waals surface area contributed by atoms with Gasteiger partial charge in [-0.2, -0.15) is 5.10 Å². The molecule has 0 fully saturated rings. The van der Waals surface area contributed by atoms with Crippen LogP contribution in [0.25, 0.3) is 0 Å². The van der Waals surface area contributed by atoms with E-state index in [1.54, 1.807) is 17.4 Å². The lowest BCUT2D eigenvalue weighted by Gasteiger charge is -2.37. The van der Waals surface area contributed by atoms with E-state index < -0.39 is 0 Å². The molecule has 0 saturated heterocycles. The molecule has 1 aromatic heterocycles. The summed E-state index contributed by atoms with van der Waals surface area (Å²) in [4.78, 5) is 1.13. The highest BCUT2D eigenvalue weighted by molar-refractivity contribution is 7.10. The number of phenols is 1. The Balaban J connectivity index is 1.62. The van der Waals surface area contributed by atoms with Crippen LogP contribution in [0.2, 0.25) is 0 Å². The van der Waals surface area contributed by atoms with Crippen LogP contribution in [-0.2, 0) is 0 Å². The largest absolute Gasteiger partial charge is 0.507 e. The first-order valence-electron chi connectivity index (χ1n) is 8.65. The molecule has 3 aromatic rings. The Bertz CT molecular complexity index is 997. The van der Waals surface area contributed by atoms with Crippen LogP contribution in [0.5, 0.6) is 11.5 Å². The van der Waals surface area contributed by atoms with E-state index in [9.17, 15) is 5.11 Å². The van der Waals surface area contributed by atoms with Gasteiger partial charge in [0.1, 0.15) is 11.5 Å². The van der Waals surface area contributed by atoms with Crippen LogP contribution in [0, 0.1) is 6.92 Å². The number of aromatic hydroxyl groups is 1. The number of hydrogen-bond donors (Lipinski definition) is 1. The average molecular weight is 362 g/mol. The third-order valence-corrected chi connectivity index (χ3v) is 5.85. The first-order valence-corrected chi connectivity index (χ1v) is 9.53. The van der Waals surface area contributed by atoms with Crippen LogP contribution in [0.15, 0.2) is 65.1 Å². The monoisotopic (exact) mass is 362 g/mol. The third kappa shape index (κ3) is 2.39. The average Bonchev–Trinajstić information content (AvgIpc) is 3.33. The van der Waals surface area contributed by atoms with Crippen molar-refractivity contribution in [1.82, 2.24) is 5.01 Å². The molecule has 2 aliphatic rings. The summed E-state index contributed by atoms with van der Waals surface area (Å²) in [5.41, 5.74) is 3.96. The molecule has 0 spiro atoms. The third-order valence-electron chi connectivity index (χ3n) is 4.95. The van der Waals surface area contributed by atoms with E-state index in [2.05, 4.69) is 17.5 Å². The van der Waals surface area contributed by atoms with E-state index in [-0.39, 0.29) is 18.0 Å². The lowest BCUT2D eigenvalue weighted by molar-refractivity contribution is -0.0165. The van der Waals surface area contributed by atoms with Crippen molar-refractivity contribution in [2.45, 2.75) is 25.6 Å². The number of benzene rings is 2. The molecule has 130 valence electrons. The van der Waals surface area contributed by atoms with Gasteiger partial charge in [0, 0.05) is 17.5 Å². The molecule has 2 aromatic carbocycles. The first kappa shape index (κ1) is 15.5. The maximum atomic E-state index is 10.3. The molecular formula is C21H18N2O2S. The van der Waals surface area contributed by atoms with Gasteiger partial charge in [0.25, 0.3) is 0 Å². The van der Waals surface area contributed by atoms with E-state index in [0.29, 0.717) is 0 Å². The molecule has 5 rings (SSSR count). The number of ether oxygens (including phenoxy) is 1. The molecule has 5 heteroatoms. The number of phenolic OH excluding ortho intramolecular Hbond substituents is 1. The number of aryl methyl sites for hydroxylation is 1. The number of hydrogen-bond acceptors (Lipinski definition) is 5. The second-order valence-electron chi connectivity index (χ2n) is 6.69. The number of nitrogens with zero attached hydrogens (tertiary/aromatic N) is 2. The van der Waals surface area contributed by atoms with E-state index in [1.807, 2.05) is 48.3 Å². The van der Waals surface area contributed by atoms with Gasteiger partial charge in [-0.15, -0.1) is 11.3 Å². The fourth-order valence-electron chi connectivity index (χ4n) is 3.70. The van der Waals surface area contributed by atoms with Gasteiger partial charge in [0.05, 0.1) is 16.6 Å². The van der Waals surface area contributed by atoms with Crippen molar-refractivity contribution >= 4 is 17.0 Å². The van der Waals surface area contributed by atoms with E-state index in [0.717, 1.165) is 39.4 Å². The smallest absolute Gasteiger partial charge is 0.222 e. The van der Waals surface area contributed by atoms with Gasteiger partial charge < -0.3 is 9.84 Å². The van der Waals surface area contributed by atoms with Crippen LogP contribution in [0.1, 0.15) is 40.3 Å². The quantitative estimate of drug-likeness (QED) is 0.697. The topological polar surface area (TPSA) is 45.1 Å². The molecule has 2 aliphatic heterocycles. The van der Waals surface area contributed by atoms with Gasteiger partial charge in [-0.25, -0.2) is 5.01 Å². The maximum Gasteiger partial charge on any atom is 0.222 e. The summed E-state index contributed by atoms with van der Waals surface area (Å²) in [6, 6.07) is 18.0. The fourth-order valence-corrected chi connectivity index (χ4v) is 4.44. The lowest BCUT2D eigenvalue weighted by atomic mass is 9.95. The van der Waals surface area contributed by atoms with Gasteiger partial charge in [-0.3, -0.25) is 0 Å². The minimum Gasteiger partial charge on any atom is -0.507 e. The van der Waals surface area contributed by atoms with E-state index in [4.69, 9.17) is 9.84 Å². The van der Waals surface area contributed by atoms with Crippen LogP contribution in [0.4, 0.5) is 0 Å². The summed E-state index contributed by atoms with van der Waals surface area (Å²) in [5, 5.41) is 19.3. The van der Waals surface area contributed by atoms with Crippen LogP contribution in [-0.4, -0.2) is 15.8 Å². The number of hydrazone groups is 1. The summed E-state index contributed by atoms with van der Waals surface area (Å²) in [6.07, 6.45) is 0.513. The fraction of sp³-hybridized carbons (Fsp3) is 0.190. The van der Waals surface area contributed by atoms with Crippen LogP contribution >= 0.6 is 11.3 Å². The standard InChI is InChI=1S/C21H18N2O2S/c1-13-8-9-18(24)15(11-13)16-12-17-14-5-2-3-6-19(14)25-21(23(17)22-16)20-7-4-10-26-20/h2-11,17,21,24H,12H2,1H3/t17-,21+/m1/s1. The Hall–Kier alpha value is -2.79. The zero-order valence-corrected chi connectivity index (χ0v) is 15.1. The van der Waals surface area contributed by atoms with E-state index in [1.165, 1.54) is 0 Å². The molecular weight excluding hydrogens is 344 g/mol. The SMILES string of the molecule is Cc1ccc(O)c(C2=NN3[C@H](C2)c2ccccc2O[C@H]3c2cccs2)c1. The molecule has 0 unspecified atom stereocenters. The van der Waals surface area contributed by atoms with Crippen molar-refractivity contribution < 1.29 is 9.84 Å². The van der Waals surface area contributed by atoms with Gasteiger partial charge in [-0.05, 0) is 36.6 Å². The summed E-state index contributed by atoms with van der Waals surface area (Å²) in [6.45, 7) is 2.03. The zero-order valence-electron chi connectivity index (χ0n) is 14.3. The summed E-state index contributed by atoms with van der Waals surface area (Å²) < 4.78 is 6.30. The molecule has 2 atom stereocenters. The molecule has 0 amide bonds. The Kier molecular flexibility index (Phi) is 3.50. The Labute approximate surface area is 156 Å². The number of fused-ring (bicyclic) bond motifs is 3. The van der Waals surface area contributed by atoms with Gasteiger partial charge >= 0.3 is 0 Å². The molecule has 4 nitrogen and oxygen atoms in total. The van der Waals surface area contributed by atoms with Crippen molar-refractivity contribution in [3.8, 4) is 11.5 Å². The number of rotatable bonds is 2. The highest BCUT2D eigenvalue weighted by atomic mass is 32.1. The van der Waals surface area contributed by atoms with Gasteiger partial charge in [-0.1, -0.05) is 35.9 Å². The van der Waals surface area contributed by atoms with E-state index >= 15 is 0 Å². The van der Waals surface area contributed by atoms with Crippen molar-refractivity contribution in [3.63, 3.8) is 0 Å². The highest BCUT2D eigenvalue weighted by Gasteiger charge is 2.41. The zero-order chi connectivity index (χ0) is 17.7. The van der Waals surface area contributed by atoms with Crippen molar-refractivity contribution in [2.75, 3.05) is 0 Å². The number of para-hydroxylation sites is 1. The van der Waals surface area contributed by atoms with Crippen LogP contribution < -0.4 is 4.74 Å². The molecule has 26 heavy (non-hydrogen) atoms. The first-order chi connectivity index (χ1) is 12.7. The summed E-state index contributed by atoms with van der Waals surface area (Å²) in [7, 11) is 0. The molecule has 3 heterocycles. The number of thiophene rings is 1. The maximum absolute atomic E-state index is 10.3. The van der Waals surface area contributed by atoms with Crippen molar-refractivity contribution in [2.24, 2.45) is 5.10 Å². The molecule has 1 N–H and O–H groups in total. The predicted molar refractivity (Wildman–Crippen MR) is 103 cm³/mol. The molecule has 0 radical (unpaired) electrons. The predicted octanol–water partition coefficient (Wildman–Crippen LogP) is 5.00. The Morgan fingerprint density at radius 3 is 2.88 bits per heavy atom. The van der Waals surface area contributed by atoms with Crippen molar-refractivity contribution in [3.05, 3.63) is 81.5 Å². The highest BCUT2D eigenvalue weighted by Crippen LogP contribution is 2.48. The summed E-state index contributed by atoms with van der Waals surface area (Å²) in [5.74, 6) is 1.19.